The van der Waals surface area contributed by atoms with Crippen molar-refractivity contribution in [3.05, 3.63) is 83.2 Å². The molecule has 0 saturated carbocycles. The smallest absolute Gasteiger partial charge is 0.271 e. The number of hydrogen-bond donors (Lipinski definition) is 1. The highest BCUT2D eigenvalue weighted by molar-refractivity contribution is 5.92. The number of nitrogens with zero attached hydrogens (tertiary/aromatic N) is 2. The quantitative estimate of drug-likeness (QED) is 0.705. The van der Waals surface area contributed by atoms with Gasteiger partial charge in [0.15, 0.2) is 0 Å². The highest BCUT2D eigenvalue weighted by Crippen LogP contribution is 2.34. The lowest BCUT2D eigenvalue weighted by atomic mass is 9.91. The molecular weight excluding hydrogens is 369 g/mol. The van der Waals surface area contributed by atoms with Crippen LogP contribution in [-0.2, 0) is 13.0 Å². The molecule has 1 aliphatic heterocycles. The standard InChI is InChI=1S/C23H24FN3O2/c1-15(16-6-4-3-5-7-16)25-23(28)20-14-27-13-17(8-11-22(27)26-20)19-12-18(24)9-10-21(19)29-2/h3-7,9-10,12,14-15,17H,8,11,13H2,1-2H3,(H,25,28). The van der Waals surface area contributed by atoms with Crippen LogP contribution in [0, 0.1) is 5.82 Å². The van der Waals surface area contributed by atoms with E-state index >= 15 is 0 Å². The maximum absolute atomic E-state index is 13.8. The number of ether oxygens (including phenoxy) is 1. The van der Waals surface area contributed by atoms with Crippen molar-refractivity contribution in [2.75, 3.05) is 7.11 Å². The Morgan fingerprint density at radius 2 is 2.07 bits per heavy atom. The molecule has 150 valence electrons. The summed E-state index contributed by atoms with van der Waals surface area (Å²) >= 11 is 0. The summed E-state index contributed by atoms with van der Waals surface area (Å²) in [5.41, 5.74) is 2.31. The molecule has 0 radical (unpaired) electrons. The second-order valence-corrected chi connectivity index (χ2v) is 7.42. The minimum Gasteiger partial charge on any atom is -0.496 e. The first-order chi connectivity index (χ1) is 14.0. The Labute approximate surface area is 169 Å². The van der Waals surface area contributed by atoms with Gasteiger partial charge in [0.25, 0.3) is 5.91 Å². The van der Waals surface area contributed by atoms with E-state index in [4.69, 9.17) is 4.74 Å². The van der Waals surface area contributed by atoms with Crippen LogP contribution in [0.15, 0.2) is 54.7 Å². The number of aryl methyl sites for hydroxylation is 1. The van der Waals surface area contributed by atoms with Gasteiger partial charge in [-0.2, -0.15) is 0 Å². The van der Waals surface area contributed by atoms with Crippen LogP contribution in [0.5, 0.6) is 5.75 Å². The van der Waals surface area contributed by atoms with E-state index in [0.717, 1.165) is 29.8 Å². The third-order valence-corrected chi connectivity index (χ3v) is 5.50. The summed E-state index contributed by atoms with van der Waals surface area (Å²) in [6.07, 6.45) is 3.35. The number of nitrogens with one attached hydrogen (secondary N) is 1. The van der Waals surface area contributed by atoms with Gasteiger partial charge in [0.1, 0.15) is 23.1 Å². The molecule has 29 heavy (non-hydrogen) atoms. The van der Waals surface area contributed by atoms with Gasteiger partial charge >= 0.3 is 0 Å². The molecule has 2 unspecified atom stereocenters. The van der Waals surface area contributed by atoms with Gasteiger partial charge in [-0.25, -0.2) is 9.37 Å². The van der Waals surface area contributed by atoms with Crippen LogP contribution in [0.2, 0.25) is 0 Å². The average molecular weight is 393 g/mol. The predicted octanol–water partition coefficient (Wildman–Crippen LogP) is 4.25. The van der Waals surface area contributed by atoms with Crippen LogP contribution in [0.1, 0.15) is 52.7 Å². The average Bonchev–Trinajstić information content (AvgIpc) is 3.18. The second-order valence-electron chi connectivity index (χ2n) is 7.42. The number of methoxy groups -OCH3 is 1. The summed E-state index contributed by atoms with van der Waals surface area (Å²) in [7, 11) is 1.60. The molecule has 0 aliphatic carbocycles. The number of fused-ring (bicyclic) bond motifs is 1. The maximum Gasteiger partial charge on any atom is 0.271 e. The molecule has 1 aromatic heterocycles. The summed E-state index contributed by atoms with van der Waals surface area (Å²) in [4.78, 5) is 17.2. The van der Waals surface area contributed by atoms with Crippen LogP contribution >= 0.6 is 0 Å². The summed E-state index contributed by atoms with van der Waals surface area (Å²) < 4.78 is 21.2. The largest absolute Gasteiger partial charge is 0.496 e. The lowest BCUT2D eigenvalue weighted by Crippen LogP contribution is -2.26. The minimum atomic E-state index is -0.271. The minimum absolute atomic E-state index is 0.105. The van der Waals surface area contributed by atoms with E-state index in [-0.39, 0.29) is 23.7 Å². The number of amides is 1. The van der Waals surface area contributed by atoms with E-state index in [2.05, 4.69) is 10.3 Å². The van der Waals surface area contributed by atoms with Crippen molar-refractivity contribution in [1.82, 2.24) is 14.9 Å². The Hall–Kier alpha value is -3.15. The van der Waals surface area contributed by atoms with Gasteiger partial charge in [0.2, 0.25) is 0 Å². The second kappa shape index (κ2) is 8.07. The normalized spacial score (nSPS) is 16.7. The van der Waals surface area contributed by atoms with Gasteiger partial charge < -0.3 is 14.6 Å². The van der Waals surface area contributed by atoms with Gasteiger partial charge in [0.05, 0.1) is 13.2 Å². The number of imidazole rings is 1. The topological polar surface area (TPSA) is 56.1 Å². The number of benzene rings is 2. The van der Waals surface area contributed by atoms with Gasteiger partial charge in [-0.15, -0.1) is 0 Å². The van der Waals surface area contributed by atoms with E-state index in [1.54, 1.807) is 25.4 Å². The number of carbonyl (C=O) groups is 1. The lowest BCUT2D eigenvalue weighted by Gasteiger charge is -2.25. The van der Waals surface area contributed by atoms with Crippen molar-refractivity contribution >= 4 is 5.91 Å². The van der Waals surface area contributed by atoms with Crippen LogP contribution in [0.4, 0.5) is 4.39 Å². The molecule has 2 heterocycles. The SMILES string of the molecule is COc1ccc(F)cc1C1CCc2nc(C(=O)NC(C)c3ccccc3)cn2C1. The monoisotopic (exact) mass is 393 g/mol. The Kier molecular flexibility index (Phi) is 5.34. The molecule has 3 aromatic rings. The van der Waals surface area contributed by atoms with Crippen LogP contribution in [-0.4, -0.2) is 22.6 Å². The molecule has 2 atom stereocenters. The first-order valence-corrected chi connectivity index (χ1v) is 9.80. The molecule has 0 spiro atoms. The van der Waals surface area contributed by atoms with E-state index < -0.39 is 0 Å². The molecular formula is C23H24FN3O2. The molecule has 1 amide bonds. The first-order valence-electron chi connectivity index (χ1n) is 9.80. The fourth-order valence-corrected chi connectivity index (χ4v) is 3.93. The highest BCUT2D eigenvalue weighted by Gasteiger charge is 2.26. The number of rotatable bonds is 5. The van der Waals surface area contributed by atoms with Crippen molar-refractivity contribution in [3.63, 3.8) is 0 Å². The number of carbonyl (C=O) groups excluding carboxylic acids is 1. The third kappa shape index (κ3) is 4.01. The zero-order chi connectivity index (χ0) is 20.4. The summed E-state index contributed by atoms with van der Waals surface area (Å²) in [5, 5.41) is 3.01. The molecule has 2 aromatic carbocycles. The Morgan fingerprint density at radius 3 is 2.83 bits per heavy atom. The van der Waals surface area contributed by atoms with E-state index in [0.29, 0.717) is 18.0 Å². The Morgan fingerprint density at radius 1 is 1.28 bits per heavy atom. The predicted molar refractivity (Wildman–Crippen MR) is 109 cm³/mol. The maximum atomic E-state index is 13.8. The third-order valence-electron chi connectivity index (χ3n) is 5.50. The van der Waals surface area contributed by atoms with Crippen LogP contribution < -0.4 is 10.1 Å². The van der Waals surface area contributed by atoms with Gasteiger partial charge in [-0.1, -0.05) is 30.3 Å². The fraction of sp³-hybridized carbons (Fsp3) is 0.304. The van der Waals surface area contributed by atoms with Crippen LogP contribution in [0.25, 0.3) is 0 Å². The molecule has 1 aliphatic rings. The number of aromatic nitrogens is 2. The van der Waals surface area contributed by atoms with Crippen molar-refractivity contribution in [1.29, 1.82) is 0 Å². The molecule has 4 rings (SSSR count). The Bertz CT molecular complexity index is 1020. The fourth-order valence-electron chi connectivity index (χ4n) is 3.93. The number of hydrogen-bond acceptors (Lipinski definition) is 3. The summed E-state index contributed by atoms with van der Waals surface area (Å²) in [5.74, 6) is 1.22. The zero-order valence-corrected chi connectivity index (χ0v) is 16.6. The molecule has 5 nitrogen and oxygen atoms in total. The van der Waals surface area contributed by atoms with Gasteiger partial charge in [-0.05, 0) is 37.1 Å². The molecule has 0 saturated heterocycles. The molecule has 0 fully saturated rings. The van der Waals surface area contributed by atoms with Gasteiger partial charge in [0, 0.05) is 30.6 Å². The van der Waals surface area contributed by atoms with Gasteiger partial charge in [-0.3, -0.25) is 4.79 Å². The highest BCUT2D eigenvalue weighted by atomic mass is 19.1. The van der Waals surface area contributed by atoms with Crippen molar-refractivity contribution < 1.29 is 13.9 Å². The van der Waals surface area contributed by atoms with Crippen molar-refractivity contribution in [2.24, 2.45) is 0 Å². The summed E-state index contributed by atoms with van der Waals surface area (Å²) in [6, 6.07) is 14.3. The Balaban J connectivity index is 1.50. The van der Waals surface area contributed by atoms with Crippen molar-refractivity contribution in [2.45, 2.75) is 38.3 Å². The lowest BCUT2D eigenvalue weighted by molar-refractivity contribution is 0.0935. The van der Waals surface area contributed by atoms with E-state index in [1.807, 2.05) is 41.8 Å². The molecule has 6 heteroatoms. The summed E-state index contributed by atoms with van der Waals surface area (Å²) in [6.45, 7) is 2.60. The van der Waals surface area contributed by atoms with Crippen LogP contribution in [0.3, 0.4) is 0 Å². The number of halogens is 1. The first kappa shape index (κ1) is 19.2. The van der Waals surface area contributed by atoms with Crippen molar-refractivity contribution in [3.8, 4) is 5.75 Å². The molecule has 1 N–H and O–H groups in total. The van der Waals surface area contributed by atoms with E-state index in [9.17, 15) is 9.18 Å². The molecule has 0 bridgehead atoms. The zero-order valence-electron chi connectivity index (χ0n) is 16.6. The van der Waals surface area contributed by atoms with E-state index in [1.165, 1.54) is 6.07 Å².